The normalized spacial score (nSPS) is 14.2. The van der Waals surface area contributed by atoms with Crippen LogP contribution in [0.4, 0.5) is 11.4 Å². The van der Waals surface area contributed by atoms with Gasteiger partial charge in [-0.05, 0) is 18.6 Å². The number of hydrogen-bond acceptors (Lipinski definition) is 5. The molecule has 24 heavy (non-hydrogen) atoms. The number of benzene rings is 1. The van der Waals surface area contributed by atoms with Crippen LogP contribution in [0.2, 0.25) is 0 Å². The second-order valence-corrected chi connectivity index (χ2v) is 5.63. The highest BCUT2D eigenvalue weighted by Crippen LogP contribution is 2.34. The number of carboxylic acid groups (broad SMARTS) is 1. The van der Waals surface area contributed by atoms with E-state index < -0.39 is 34.2 Å². The largest absolute Gasteiger partial charge is 0.479 e. The van der Waals surface area contributed by atoms with E-state index >= 15 is 0 Å². The van der Waals surface area contributed by atoms with Gasteiger partial charge in [0.15, 0.2) is 0 Å². The SMILES string of the molecule is CC(=O)Nc1ccc(C(C)C(C)(NC(C)=O)C(=O)O)cc1[N+](=O)[O-]. The maximum absolute atomic E-state index is 11.6. The summed E-state index contributed by atoms with van der Waals surface area (Å²) in [6.45, 7) is 5.28. The number of carboxylic acids is 1. The first kappa shape index (κ1) is 19.1. The lowest BCUT2D eigenvalue weighted by atomic mass is 9.81. The second-order valence-electron chi connectivity index (χ2n) is 5.63. The highest BCUT2D eigenvalue weighted by molar-refractivity contribution is 5.91. The fraction of sp³-hybridized carbons (Fsp3) is 0.400. The topological polar surface area (TPSA) is 139 Å². The summed E-state index contributed by atoms with van der Waals surface area (Å²) in [6, 6.07) is 4.01. The van der Waals surface area contributed by atoms with Crippen LogP contribution in [0.15, 0.2) is 18.2 Å². The summed E-state index contributed by atoms with van der Waals surface area (Å²) < 4.78 is 0. The molecular formula is C15H19N3O6. The Bertz CT molecular complexity index is 702. The Hall–Kier alpha value is -2.97. The van der Waals surface area contributed by atoms with E-state index in [0.29, 0.717) is 5.56 Å². The Kier molecular flexibility index (Phi) is 5.62. The van der Waals surface area contributed by atoms with Gasteiger partial charge in [0, 0.05) is 25.8 Å². The van der Waals surface area contributed by atoms with Gasteiger partial charge in [0.2, 0.25) is 11.8 Å². The van der Waals surface area contributed by atoms with Crippen LogP contribution in [0.5, 0.6) is 0 Å². The van der Waals surface area contributed by atoms with E-state index in [2.05, 4.69) is 10.6 Å². The zero-order valence-corrected chi connectivity index (χ0v) is 13.7. The average molecular weight is 337 g/mol. The lowest BCUT2D eigenvalue weighted by molar-refractivity contribution is -0.384. The van der Waals surface area contributed by atoms with Gasteiger partial charge >= 0.3 is 5.97 Å². The molecule has 0 bridgehead atoms. The molecule has 2 unspecified atom stereocenters. The molecule has 1 aromatic carbocycles. The number of amides is 2. The molecular weight excluding hydrogens is 318 g/mol. The Balaban J connectivity index is 3.36. The zero-order chi connectivity index (χ0) is 18.7. The standard InChI is InChI=1S/C15H19N3O6/c1-8(15(4,14(21)22)17-10(3)20)11-5-6-12(16-9(2)19)13(7-11)18(23)24/h5-8H,1-4H3,(H,16,19)(H,17,20)(H,21,22). The molecule has 2 atom stereocenters. The molecule has 130 valence electrons. The Morgan fingerprint density at radius 1 is 1.25 bits per heavy atom. The number of rotatable bonds is 6. The van der Waals surface area contributed by atoms with E-state index in [9.17, 15) is 29.6 Å². The molecule has 9 heteroatoms. The number of aliphatic carboxylic acids is 1. The van der Waals surface area contributed by atoms with Crippen LogP contribution in [0.25, 0.3) is 0 Å². The quantitative estimate of drug-likeness (QED) is 0.532. The molecule has 9 nitrogen and oxygen atoms in total. The molecule has 0 aromatic heterocycles. The van der Waals surface area contributed by atoms with Crippen molar-refractivity contribution < 1.29 is 24.4 Å². The zero-order valence-electron chi connectivity index (χ0n) is 13.7. The summed E-state index contributed by atoms with van der Waals surface area (Å²) >= 11 is 0. The third-order valence-corrected chi connectivity index (χ3v) is 3.78. The third-order valence-electron chi connectivity index (χ3n) is 3.78. The summed E-state index contributed by atoms with van der Waals surface area (Å²) in [5.74, 6) is -3.02. The maximum atomic E-state index is 11.6. The first-order valence-corrected chi connectivity index (χ1v) is 7.07. The molecule has 0 saturated carbocycles. The first-order chi connectivity index (χ1) is 11.0. The number of hydrogen-bond donors (Lipinski definition) is 3. The summed E-state index contributed by atoms with van der Waals surface area (Å²) in [7, 11) is 0. The van der Waals surface area contributed by atoms with Gasteiger partial charge in [-0.3, -0.25) is 19.7 Å². The van der Waals surface area contributed by atoms with Gasteiger partial charge in [-0.25, -0.2) is 4.79 Å². The molecule has 0 radical (unpaired) electrons. The third kappa shape index (κ3) is 4.06. The highest BCUT2D eigenvalue weighted by atomic mass is 16.6. The van der Waals surface area contributed by atoms with E-state index in [1.54, 1.807) is 6.92 Å². The van der Waals surface area contributed by atoms with Gasteiger partial charge in [-0.2, -0.15) is 0 Å². The fourth-order valence-electron chi connectivity index (χ4n) is 2.31. The lowest BCUT2D eigenvalue weighted by Gasteiger charge is -2.32. The molecule has 1 rings (SSSR count). The van der Waals surface area contributed by atoms with E-state index in [-0.39, 0.29) is 11.4 Å². The number of nitro groups is 1. The van der Waals surface area contributed by atoms with Crippen LogP contribution in [0.3, 0.4) is 0 Å². The number of carbonyl (C=O) groups is 3. The van der Waals surface area contributed by atoms with Gasteiger partial charge in [0.25, 0.3) is 5.69 Å². The van der Waals surface area contributed by atoms with Gasteiger partial charge < -0.3 is 15.7 Å². The average Bonchev–Trinajstić information content (AvgIpc) is 2.45. The summed E-state index contributed by atoms with van der Waals surface area (Å²) in [5.41, 5.74) is -1.64. The van der Waals surface area contributed by atoms with E-state index in [4.69, 9.17) is 0 Å². The second kappa shape index (κ2) is 7.07. The van der Waals surface area contributed by atoms with Crippen molar-refractivity contribution >= 4 is 29.2 Å². The van der Waals surface area contributed by atoms with Crippen molar-refractivity contribution in [2.24, 2.45) is 0 Å². The van der Waals surface area contributed by atoms with Crippen molar-refractivity contribution in [1.82, 2.24) is 5.32 Å². The van der Waals surface area contributed by atoms with Crippen molar-refractivity contribution in [2.75, 3.05) is 5.32 Å². The Labute approximate surface area is 138 Å². The van der Waals surface area contributed by atoms with Crippen molar-refractivity contribution in [2.45, 2.75) is 39.2 Å². The van der Waals surface area contributed by atoms with Gasteiger partial charge in [-0.1, -0.05) is 13.0 Å². The minimum atomic E-state index is -1.64. The van der Waals surface area contributed by atoms with Crippen LogP contribution in [0, 0.1) is 10.1 Å². The number of carbonyl (C=O) groups excluding carboxylic acids is 2. The van der Waals surface area contributed by atoms with Gasteiger partial charge in [-0.15, -0.1) is 0 Å². The highest BCUT2D eigenvalue weighted by Gasteiger charge is 2.41. The maximum Gasteiger partial charge on any atom is 0.329 e. The minimum Gasteiger partial charge on any atom is -0.479 e. The number of nitro benzene ring substituents is 1. The lowest BCUT2D eigenvalue weighted by Crippen LogP contribution is -2.55. The van der Waals surface area contributed by atoms with Crippen LogP contribution < -0.4 is 10.6 Å². The van der Waals surface area contributed by atoms with Crippen LogP contribution in [-0.4, -0.2) is 33.4 Å². The molecule has 1 aromatic rings. The predicted molar refractivity (Wildman–Crippen MR) is 85.7 cm³/mol. The van der Waals surface area contributed by atoms with Crippen LogP contribution >= 0.6 is 0 Å². The molecule has 0 aliphatic heterocycles. The number of anilines is 1. The first-order valence-electron chi connectivity index (χ1n) is 7.07. The predicted octanol–water partition coefficient (Wildman–Crippen LogP) is 1.64. The van der Waals surface area contributed by atoms with E-state index in [0.717, 1.165) is 0 Å². The molecule has 0 spiro atoms. The van der Waals surface area contributed by atoms with Crippen molar-refractivity contribution in [1.29, 1.82) is 0 Å². The fourth-order valence-corrected chi connectivity index (χ4v) is 2.31. The molecule has 0 aliphatic rings. The molecule has 0 saturated heterocycles. The van der Waals surface area contributed by atoms with Gasteiger partial charge in [0.1, 0.15) is 11.2 Å². The number of nitrogens with zero attached hydrogens (tertiary/aromatic N) is 1. The van der Waals surface area contributed by atoms with Crippen molar-refractivity contribution in [3.63, 3.8) is 0 Å². The molecule has 3 N–H and O–H groups in total. The van der Waals surface area contributed by atoms with E-state index in [1.807, 2.05) is 0 Å². The number of nitrogens with one attached hydrogen (secondary N) is 2. The minimum absolute atomic E-state index is 0.0139. The molecule has 0 aliphatic carbocycles. The Morgan fingerprint density at radius 2 is 1.83 bits per heavy atom. The smallest absolute Gasteiger partial charge is 0.329 e. The Morgan fingerprint density at radius 3 is 2.25 bits per heavy atom. The van der Waals surface area contributed by atoms with Crippen molar-refractivity contribution in [3.8, 4) is 0 Å². The summed E-state index contributed by atoms with van der Waals surface area (Å²) in [6.07, 6.45) is 0. The van der Waals surface area contributed by atoms with Crippen molar-refractivity contribution in [3.05, 3.63) is 33.9 Å². The molecule has 0 heterocycles. The van der Waals surface area contributed by atoms with E-state index in [1.165, 1.54) is 39.0 Å². The van der Waals surface area contributed by atoms with Gasteiger partial charge in [0.05, 0.1) is 4.92 Å². The monoisotopic (exact) mass is 337 g/mol. The molecule has 0 fully saturated rings. The molecule has 2 amide bonds. The summed E-state index contributed by atoms with van der Waals surface area (Å²) in [4.78, 5) is 44.6. The van der Waals surface area contributed by atoms with Crippen LogP contribution in [0.1, 0.15) is 39.2 Å². The summed E-state index contributed by atoms with van der Waals surface area (Å²) in [5, 5.41) is 25.4. The van der Waals surface area contributed by atoms with Crippen LogP contribution in [-0.2, 0) is 14.4 Å².